The van der Waals surface area contributed by atoms with Gasteiger partial charge in [-0.25, -0.2) is 0 Å². The van der Waals surface area contributed by atoms with Crippen molar-refractivity contribution in [3.05, 3.63) is 48.3 Å². The Balaban J connectivity index is 1.54. The lowest BCUT2D eigenvalue weighted by Crippen LogP contribution is -2.33. The van der Waals surface area contributed by atoms with Gasteiger partial charge in [0.25, 0.3) is 0 Å². The van der Waals surface area contributed by atoms with E-state index in [-0.39, 0.29) is 18.6 Å². The Hall–Kier alpha value is -2.51. The molecule has 1 atom stereocenters. The van der Waals surface area contributed by atoms with Gasteiger partial charge in [-0.05, 0) is 18.2 Å². The number of likely N-dealkylation sites (tertiary alicyclic amines) is 1. The van der Waals surface area contributed by atoms with Gasteiger partial charge < -0.3 is 9.64 Å². The van der Waals surface area contributed by atoms with Crippen LogP contribution in [0.2, 0.25) is 0 Å². The number of hydrogen-bond acceptors (Lipinski definition) is 3. The molecule has 0 spiro atoms. The van der Waals surface area contributed by atoms with Gasteiger partial charge in [-0.1, -0.05) is 18.2 Å². The zero-order chi connectivity index (χ0) is 17.2. The second-order valence-electron chi connectivity index (χ2n) is 5.58. The average Bonchev–Trinajstić information content (AvgIpc) is 3.17. The summed E-state index contributed by atoms with van der Waals surface area (Å²) in [6.07, 6.45) is -2.77. The Morgan fingerprint density at radius 1 is 1.25 bits per heavy atom. The number of aromatic nitrogens is 2. The number of para-hydroxylation sites is 1. The molecular weight excluding hydrogens is 323 g/mol. The fourth-order valence-corrected chi connectivity index (χ4v) is 2.58. The summed E-state index contributed by atoms with van der Waals surface area (Å²) in [5.74, 6) is 0.463. The van der Waals surface area contributed by atoms with Gasteiger partial charge in [0.15, 0.2) is 5.69 Å². The number of carbonyl (C=O) groups is 1. The molecule has 0 bridgehead atoms. The summed E-state index contributed by atoms with van der Waals surface area (Å²) >= 11 is 0. The minimum Gasteiger partial charge on any atom is -0.489 e. The van der Waals surface area contributed by atoms with E-state index in [2.05, 4.69) is 5.10 Å². The second kappa shape index (κ2) is 6.54. The molecular formula is C16H16F3N3O2. The first-order valence-corrected chi connectivity index (χ1v) is 7.52. The molecule has 2 heterocycles. The summed E-state index contributed by atoms with van der Waals surface area (Å²) in [5.41, 5.74) is -0.998. The van der Waals surface area contributed by atoms with Crippen molar-refractivity contribution < 1.29 is 22.7 Å². The van der Waals surface area contributed by atoms with E-state index < -0.39 is 11.9 Å². The fraction of sp³-hybridized carbons (Fsp3) is 0.375. The van der Waals surface area contributed by atoms with Crippen LogP contribution < -0.4 is 4.74 Å². The highest BCUT2D eigenvalue weighted by Gasteiger charge is 2.34. The van der Waals surface area contributed by atoms with Crippen LogP contribution in [-0.2, 0) is 17.5 Å². The van der Waals surface area contributed by atoms with Gasteiger partial charge in [-0.3, -0.25) is 9.48 Å². The third-order valence-corrected chi connectivity index (χ3v) is 3.77. The van der Waals surface area contributed by atoms with Crippen molar-refractivity contribution in [3.8, 4) is 5.75 Å². The summed E-state index contributed by atoms with van der Waals surface area (Å²) in [6, 6.07) is 10.2. The zero-order valence-electron chi connectivity index (χ0n) is 12.7. The standard InChI is InChI=1S/C16H16F3N3O2/c17-16(18,19)14-7-9-22(20-14)11-15(23)21-8-6-13(10-21)24-12-4-2-1-3-5-12/h1-5,7,9,13H,6,8,10-11H2/t13-/m0/s1. The number of hydrogen-bond donors (Lipinski definition) is 0. The molecule has 1 fully saturated rings. The first kappa shape index (κ1) is 16.4. The van der Waals surface area contributed by atoms with Crippen LogP contribution in [0.3, 0.4) is 0 Å². The van der Waals surface area contributed by atoms with Gasteiger partial charge >= 0.3 is 6.18 Å². The zero-order valence-corrected chi connectivity index (χ0v) is 12.7. The van der Waals surface area contributed by atoms with E-state index in [1.54, 1.807) is 4.90 Å². The van der Waals surface area contributed by atoms with Gasteiger partial charge in [0.2, 0.25) is 5.91 Å². The quantitative estimate of drug-likeness (QED) is 0.860. The maximum Gasteiger partial charge on any atom is 0.435 e. The van der Waals surface area contributed by atoms with Gasteiger partial charge in [0.05, 0.1) is 6.54 Å². The number of ether oxygens (including phenoxy) is 1. The van der Waals surface area contributed by atoms with E-state index in [1.807, 2.05) is 30.3 Å². The number of carbonyl (C=O) groups excluding carboxylic acids is 1. The predicted molar refractivity (Wildman–Crippen MR) is 79.3 cm³/mol. The molecule has 24 heavy (non-hydrogen) atoms. The van der Waals surface area contributed by atoms with Gasteiger partial charge in [-0.2, -0.15) is 18.3 Å². The van der Waals surface area contributed by atoms with Crippen molar-refractivity contribution in [3.63, 3.8) is 0 Å². The van der Waals surface area contributed by atoms with E-state index in [9.17, 15) is 18.0 Å². The molecule has 1 aromatic carbocycles. The molecule has 0 unspecified atom stereocenters. The number of halogens is 3. The number of nitrogens with zero attached hydrogens (tertiary/aromatic N) is 3. The SMILES string of the molecule is O=C(Cn1ccc(C(F)(F)F)n1)N1CC[C@H](Oc2ccccc2)C1. The van der Waals surface area contributed by atoms with Crippen molar-refractivity contribution >= 4 is 5.91 Å². The molecule has 1 aliphatic heterocycles. The van der Waals surface area contributed by atoms with Crippen LogP contribution in [0.25, 0.3) is 0 Å². The van der Waals surface area contributed by atoms with Crippen molar-refractivity contribution in [1.82, 2.24) is 14.7 Å². The summed E-state index contributed by atoms with van der Waals surface area (Å²) in [4.78, 5) is 13.8. The fourth-order valence-electron chi connectivity index (χ4n) is 2.58. The molecule has 0 saturated carbocycles. The average molecular weight is 339 g/mol. The van der Waals surface area contributed by atoms with Crippen LogP contribution in [0.5, 0.6) is 5.75 Å². The summed E-state index contributed by atoms with van der Waals surface area (Å²) < 4.78 is 44.3. The van der Waals surface area contributed by atoms with Crippen LogP contribution in [0.4, 0.5) is 13.2 Å². The minimum atomic E-state index is -4.50. The Morgan fingerprint density at radius 2 is 2.00 bits per heavy atom. The maximum atomic E-state index is 12.5. The molecule has 8 heteroatoms. The lowest BCUT2D eigenvalue weighted by Gasteiger charge is -2.17. The molecule has 3 rings (SSSR count). The van der Waals surface area contributed by atoms with Crippen LogP contribution >= 0.6 is 0 Å². The highest BCUT2D eigenvalue weighted by atomic mass is 19.4. The van der Waals surface area contributed by atoms with Crippen LogP contribution in [0, 0.1) is 0 Å². The Bertz CT molecular complexity index is 700. The lowest BCUT2D eigenvalue weighted by molar-refractivity contribution is -0.142. The van der Waals surface area contributed by atoms with E-state index in [4.69, 9.17) is 4.74 Å². The smallest absolute Gasteiger partial charge is 0.435 e. The van der Waals surface area contributed by atoms with E-state index >= 15 is 0 Å². The molecule has 1 saturated heterocycles. The monoisotopic (exact) mass is 339 g/mol. The summed E-state index contributed by atoms with van der Waals surface area (Å²) in [5, 5.41) is 3.39. The molecule has 1 aromatic heterocycles. The largest absolute Gasteiger partial charge is 0.489 e. The molecule has 128 valence electrons. The lowest BCUT2D eigenvalue weighted by atomic mass is 10.3. The Labute approximate surface area is 136 Å². The summed E-state index contributed by atoms with van der Waals surface area (Å²) in [7, 11) is 0. The Morgan fingerprint density at radius 3 is 2.67 bits per heavy atom. The van der Waals surface area contributed by atoms with Gasteiger partial charge in [0.1, 0.15) is 18.4 Å². The molecule has 5 nitrogen and oxygen atoms in total. The number of alkyl halides is 3. The molecule has 1 amide bonds. The van der Waals surface area contributed by atoms with Gasteiger partial charge in [0, 0.05) is 19.2 Å². The van der Waals surface area contributed by atoms with E-state index in [0.717, 1.165) is 22.7 Å². The molecule has 1 aliphatic rings. The minimum absolute atomic E-state index is 0.111. The van der Waals surface area contributed by atoms with Crippen LogP contribution in [0.1, 0.15) is 12.1 Å². The number of benzene rings is 1. The number of amides is 1. The van der Waals surface area contributed by atoms with Gasteiger partial charge in [-0.15, -0.1) is 0 Å². The Kier molecular flexibility index (Phi) is 4.46. The maximum absolute atomic E-state index is 12.5. The highest BCUT2D eigenvalue weighted by molar-refractivity contribution is 5.76. The number of rotatable bonds is 4. The molecule has 2 aromatic rings. The van der Waals surface area contributed by atoms with E-state index in [0.29, 0.717) is 19.5 Å². The molecule has 0 aliphatic carbocycles. The second-order valence-corrected chi connectivity index (χ2v) is 5.58. The molecule has 0 radical (unpaired) electrons. The van der Waals surface area contributed by atoms with Crippen molar-refractivity contribution in [2.75, 3.05) is 13.1 Å². The van der Waals surface area contributed by atoms with Crippen molar-refractivity contribution in [1.29, 1.82) is 0 Å². The van der Waals surface area contributed by atoms with Crippen LogP contribution in [-0.4, -0.2) is 39.8 Å². The third-order valence-electron chi connectivity index (χ3n) is 3.77. The van der Waals surface area contributed by atoms with Crippen LogP contribution in [0.15, 0.2) is 42.6 Å². The third kappa shape index (κ3) is 3.87. The summed E-state index contributed by atoms with van der Waals surface area (Å²) in [6.45, 7) is 0.721. The predicted octanol–water partition coefficient (Wildman–Crippen LogP) is 2.58. The van der Waals surface area contributed by atoms with E-state index in [1.165, 1.54) is 0 Å². The first-order chi connectivity index (χ1) is 11.4. The van der Waals surface area contributed by atoms with Crippen molar-refractivity contribution in [2.24, 2.45) is 0 Å². The topological polar surface area (TPSA) is 47.4 Å². The highest BCUT2D eigenvalue weighted by Crippen LogP contribution is 2.27. The molecule has 0 N–H and O–H groups in total. The van der Waals surface area contributed by atoms with Crippen molar-refractivity contribution in [2.45, 2.75) is 25.2 Å². The normalized spacial score (nSPS) is 18.0. The first-order valence-electron chi connectivity index (χ1n) is 7.52.